The van der Waals surface area contributed by atoms with Gasteiger partial charge in [0.25, 0.3) is 0 Å². The molecular weight excluding hydrogens is 404 g/mol. The van der Waals surface area contributed by atoms with E-state index in [2.05, 4.69) is 41.5 Å². The third-order valence-corrected chi connectivity index (χ3v) is 9.17. The normalized spacial score (nSPS) is 12.8. The number of rotatable bonds is 22. The van der Waals surface area contributed by atoms with Crippen molar-refractivity contribution in [3.8, 4) is 0 Å². The van der Waals surface area contributed by atoms with E-state index in [1.807, 2.05) is 23.5 Å². The molecule has 0 atom stereocenters. The van der Waals surface area contributed by atoms with Crippen molar-refractivity contribution in [2.45, 2.75) is 160 Å². The smallest absolute Gasteiger partial charge is 0.0721 e. The van der Waals surface area contributed by atoms with Crippen LogP contribution in [0.3, 0.4) is 0 Å². The molecule has 0 saturated carbocycles. The van der Waals surface area contributed by atoms with Gasteiger partial charge in [0.05, 0.1) is 6.10 Å². The SMILES string of the molecule is CCCCCCCCCC(C)(C)SCC(O)CSC(C)(C)CCCCCCCCC. The summed E-state index contributed by atoms with van der Waals surface area (Å²) in [4.78, 5) is 0. The maximum Gasteiger partial charge on any atom is 0.0721 e. The molecule has 3 heteroatoms. The van der Waals surface area contributed by atoms with Crippen molar-refractivity contribution in [1.29, 1.82) is 0 Å². The average molecular weight is 461 g/mol. The molecule has 0 aliphatic carbocycles. The second kappa shape index (κ2) is 19.2. The maximum absolute atomic E-state index is 10.5. The Morgan fingerprint density at radius 2 is 0.833 bits per heavy atom. The summed E-state index contributed by atoms with van der Waals surface area (Å²) in [6.45, 7) is 14.0. The summed E-state index contributed by atoms with van der Waals surface area (Å²) in [6.07, 6.45) is 21.7. The van der Waals surface area contributed by atoms with Crippen LogP contribution in [0.2, 0.25) is 0 Å². The highest BCUT2D eigenvalue weighted by atomic mass is 32.2. The highest BCUT2D eigenvalue weighted by molar-refractivity contribution is 8.01. The van der Waals surface area contributed by atoms with Crippen molar-refractivity contribution in [1.82, 2.24) is 0 Å². The lowest BCUT2D eigenvalue weighted by Gasteiger charge is -2.28. The number of thioether (sulfide) groups is 2. The van der Waals surface area contributed by atoms with Crippen molar-refractivity contribution >= 4 is 23.5 Å². The van der Waals surface area contributed by atoms with Crippen molar-refractivity contribution < 1.29 is 5.11 Å². The Morgan fingerprint density at radius 3 is 1.17 bits per heavy atom. The van der Waals surface area contributed by atoms with Gasteiger partial charge in [0.1, 0.15) is 0 Å². The van der Waals surface area contributed by atoms with Gasteiger partial charge < -0.3 is 5.11 Å². The van der Waals surface area contributed by atoms with E-state index in [4.69, 9.17) is 0 Å². The molecule has 0 radical (unpaired) electrons. The van der Waals surface area contributed by atoms with Crippen LogP contribution in [0.15, 0.2) is 0 Å². The Morgan fingerprint density at radius 1 is 0.533 bits per heavy atom. The summed E-state index contributed by atoms with van der Waals surface area (Å²) < 4.78 is 0.588. The van der Waals surface area contributed by atoms with E-state index < -0.39 is 0 Å². The minimum Gasteiger partial charge on any atom is -0.391 e. The molecule has 0 bridgehead atoms. The van der Waals surface area contributed by atoms with E-state index >= 15 is 0 Å². The summed E-state index contributed by atoms with van der Waals surface area (Å²) in [7, 11) is 0. The molecule has 0 unspecified atom stereocenters. The lowest BCUT2D eigenvalue weighted by atomic mass is 10.0. The lowest BCUT2D eigenvalue weighted by Crippen LogP contribution is -2.24. The molecule has 0 aliphatic heterocycles. The van der Waals surface area contributed by atoms with Crippen molar-refractivity contribution in [2.75, 3.05) is 11.5 Å². The number of aliphatic hydroxyl groups is 1. The summed E-state index contributed by atoms with van der Waals surface area (Å²) in [5.41, 5.74) is 0. The van der Waals surface area contributed by atoms with Gasteiger partial charge in [-0.1, -0.05) is 131 Å². The number of hydrogen-bond donors (Lipinski definition) is 1. The Hall–Kier alpha value is 0.660. The van der Waals surface area contributed by atoms with Gasteiger partial charge in [-0.2, -0.15) is 23.5 Å². The summed E-state index contributed by atoms with van der Waals surface area (Å²) in [6, 6.07) is 0. The van der Waals surface area contributed by atoms with E-state index in [1.165, 1.54) is 103 Å². The van der Waals surface area contributed by atoms with Gasteiger partial charge in [-0.15, -0.1) is 0 Å². The van der Waals surface area contributed by atoms with Crippen molar-refractivity contribution in [2.24, 2.45) is 0 Å². The molecule has 0 fully saturated rings. The molecule has 30 heavy (non-hydrogen) atoms. The fraction of sp³-hybridized carbons (Fsp3) is 1.00. The molecule has 1 nitrogen and oxygen atoms in total. The van der Waals surface area contributed by atoms with Crippen LogP contribution in [-0.4, -0.2) is 32.2 Å². The topological polar surface area (TPSA) is 20.2 Å². The second-order valence-corrected chi connectivity index (χ2v) is 14.0. The zero-order chi connectivity index (χ0) is 22.7. The van der Waals surface area contributed by atoms with Gasteiger partial charge in [-0.05, 0) is 12.8 Å². The fourth-order valence-electron chi connectivity index (χ4n) is 3.85. The summed E-state index contributed by atoms with van der Waals surface area (Å²) >= 11 is 3.95. The highest BCUT2D eigenvalue weighted by Crippen LogP contribution is 2.34. The quantitative estimate of drug-likeness (QED) is 0.162. The van der Waals surface area contributed by atoms with Gasteiger partial charge in [0.15, 0.2) is 0 Å². The predicted octanol–water partition coefficient (Wildman–Crippen LogP) is 9.65. The minimum atomic E-state index is -0.179. The molecule has 0 saturated heterocycles. The van der Waals surface area contributed by atoms with E-state index in [0.29, 0.717) is 9.49 Å². The van der Waals surface area contributed by atoms with Crippen LogP contribution in [0.25, 0.3) is 0 Å². The number of aliphatic hydroxyl groups excluding tert-OH is 1. The highest BCUT2D eigenvalue weighted by Gasteiger charge is 2.23. The minimum absolute atomic E-state index is 0.179. The van der Waals surface area contributed by atoms with Gasteiger partial charge in [0.2, 0.25) is 0 Å². The predicted molar refractivity (Wildman–Crippen MR) is 144 cm³/mol. The Kier molecular flexibility index (Phi) is 19.6. The summed E-state index contributed by atoms with van der Waals surface area (Å²) in [5.74, 6) is 1.76. The molecule has 0 aromatic carbocycles. The first-order chi connectivity index (χ1) is 14.2. The van der Waals surface area contributed by atoms with E-state index in [-0.39, 0.29) is 6.10 Å². The molecule has 1 N–H and O–H groups in total. The van der Waals surface area contributed by atoms with Crippen LogP contribution in [0.1, 0.15) is 144 Å². The first kappa shape index (κ1) is 30.7. The third kappa shape index (κ3) is 20.6. The van der Waals surface area contributed by atoms with Crippen LogP contribution in [-0.2, 0) is 0 Å². The molecule has 0 heterocycles. The van der Waals surface area contributed by atoms with E-state index in [1.54, 1.807) is 0 Å². The van der Waals surface area contributed by atoms with Crippen LogP contribution < -0.4 is 0 Å². The number of hydrogen-bond acceptors (Lipinski definition) is 3. The monoisotopic (exact) mass is 460 g/mol. The Labute approximate surface area is 199 Å². The Bertz CT molecular complexity index is 334. The third-order valence-electron chi connectivity index (χ3n) is 6.10. The average Bonchev–Trinajstić information content (AvgIpc) is 2.69. The first-order valence-corrected chi connectivity index (χ1v) is 15.2. The largest absolute Gasteiger partial charge is 0.391 e. The van der Waals surface area contributed by atoms with E-state index in [9.17, 15) is 5.11 Å². The second-order valence-electron chi connectivity index (χ2n) is 10.5. The van der Waals surface area contributed by atoms with Gasteiger partial charge in [-0.25, -0.2) is 0 Å². The summed E-state index contributed by atoms with van der Waals surface area (Å²) in [5, 5.41) is 10.5. The van der Waals surface area contributed by atoms with Crippen LogP contribution in [0, 0.1) is 0 Å². The van der Waals surface area contributed by atoms with Crippen LogP contribution in [0.4, 0.5) is 0 Å². The van der Waals surface area contributed by atoms with E-state index in [0.717, 1.165) is 11.5 Å². The van der Waals surface area contributed by atoms with Crippen LogP contribution in [0.5, 0.6) is 0 Å². The Balaban J connectivity index is 3.80. The fourth-order valence-corrected chi connectivity index (χ4v) is 6.10. The molecule has 0 aromatic heterocycles. The van der Waals surface area contributed by atoms with Gasteiger partial charge in [0, 0.05) is 21.0 Å². The maximum atomic E-state index is 10.5. The van der Waals surface area contributed by atoms with Crippen molar-refractivity contribution in [3.05, 3.63) is 0 Å². The first-order valence-electron chi connectivity index (χ1n) is 13.2. The molecular formula is C27H56OS2. The molecule has 182 valence electrons. The molecule has 0 amide bonds. The zero-order valence-electron chi connectivity index (χ0n) is 21.6. The molecule has 0 spiro atoms. The molecule has 0 rings (SSSR count). The van der Waals surface area contributed by atoms with Gasteiger partial charge >= 0.3 is 0 Å². The molecule has 0 aromatic rings. The lowest BCUT2D eigenvalue weighted by molar-refractivity contribution is 0.224. The van der Waals surface area contributed by atoms with Gasteiger partial charge in [-0.3, -0.25) is 0 Å². The standard InChI is InChI=1S/C27H56OS2/c1-7-9-11-13-15-17-19-21-26(3,4)29-23-25(28)24-30-27(5,6)22-20-18-16-14-12-10-8-2/h25,28H,7-24H2,1-6H3. The van der Waals surface area contributed by atoms with Crippen LogP contribution >= 0.6 is 23.5 Å². The molecule has 0 aliphatic rings. The van der Waals surface area contributed by atoms with Crippen molar-refractivity contribution in [3.63, 3.8) is 0 Å². The number of unbranched alkanes of at least 4 members (excludes halogenated alkanes) is 12. The zero-order valence-corrected chi connectivity index (χ0v) is 23.2.